The van der Waals surface area contributed by atoms with Crippen LogP contribution in [0.25, 0.3) is 6.08 Å². The summed E-state index contributed by atoms with van der Waals surface area (Å²) in [5.41, 5.74) is 1.89. The molecule has 4 rings (SSSR count). The molecular formula is C24H23Cl2N3O3. The standard InChI is InChI=1S/C24H23Cl2N3O3/c25-17-12-18(26)14-20(13-17)28-24(32)21-2-1-11-29(21)22(30)10-5-15-3-6-16(7-4-15)23(31)27-19-8-9-19/h3-7,10,12-14,19,21H,1-2,8-9,11H2,(H,27,31)(H,28,32)/b10-5+. The average Bonchev–Trinajstić information content (AvgIpc) is 3.42. The molecule has 1 saturated carbocycles. The maximum absolute atomic E-state index is 12.8. The Morgan fingerprint density at radius 2 is 1.66 bits per heavy atom. The number of anilines is 1. The maximum Gasteiger partial charge on any atom is 0.251 e. The van der Waals surface area contributed by atoms with Gasteiger partial charge in [0.2, 0.25) is 11.8 Å². The molecule has 0 aromatic heterocycles. The Bertz CT molecular complexity index is 1040. The molecule has 1 aliphatic heterocycles. The van der Waals surface area contributed by atoms with Gasteiger partial charge in [0.15, 0.2) is 0 Å². The van der Waals surface area contributed by atoms with E-state index in [0.717, 1.165) is 24.8 Å². The number of amides is 3. The molecule has 2 aromatic rings. The Kier molecular flexibility index (Phi) is 6.82. The predicted molar refractivity (Wildman–Crippen MR) is 126 cm³/mol. The van der Waals surface area contributed by atoms with Crippen LogP contribution < -0.4 is 10.6 Å². The molecule has 1 unspecified atom stereocenters. The Morgan fingerprint density at radius 3 is 2.31 bits per heavy atom. The van der Waals surface area contributed by atoms with E-state index in [0.29, 0.717) is 40.3 Å². The van der Waals surface area contributed by atoms with Crippen LogP contribution in [-0.4, -0.2) is 41.2 Å². The van der Waals surface area contributed by atoms with Gasteiger partial charge in [-0.1, -0.05) is 35.3 Å². The van der Waals surface area contributed by atoms with Gasteiger partial charge in [0, 0.05) is 40.0 Å². The van der Waals surface area contributed by atoms with Gasteiger partial charge in [-0.05, 0) is 67.7 Å². The molecule has 0 bridgehead atoms. The molecule has 2 aliphatic rings. The first-order chi connectivity index (χ1) is 15.4. The van der Waals surface area contributed by atoms with Crippen molar-refractivity contribution in [2.75, 3.05) is 11.9 Å². The molecule has 6 nitrogen and oxygen atoms in total. The van der Waals surface area contributed by atoms with Crippen molar-refractivity contribution in [3.05, 3.63) is 69.7 Å². The Balaban J connectivity index is 1.36. The summed E-state index contributed by atoms with van der Waals surface area (Å²) in [5.74, 6) is -0.582. The quantitative estimate of drug-likeness (QED) is 0.607. The van der Waals surface area contributed by atoms with E-state index in [-0.39, 0.29) is 17.7 Å². The molecule has 2 fully saturated rings. The van der Waals surface area contributed by atoms with E-state index in [4.69, 9.17) is 23.2 Å². The van der Waals surface area contributed by atoms with E-state index < -0.39 is 6.04 Å². The number of carbonyl (C=O) groups excluding carboxylic acids is 3. The van der Waals surface area contributed by atoms with Gasteiger partial charge in [-0.15, -0.1) is 0 Å². The number of hydrogen-bond acceptors (Lipinski definition) is 3. The summed E-state index contributed by atoms with van der Waals surface area (Å²) in [6.07, 6.45) is 6.56. The third-order valence-corrected chi connectivity index (χ3v) is 5.91. The van der Waals surface area contributed by atoms with Gasteiger partial charge in [-0.3, -0.25) is 14.4 Å². The van der Waals surface area contributed by atoms with Gasteiger partial charge >= 0.3 is 0 Å². The highest BCUT2D eigenvalue weighted by Crippen LogP contribution is 2.25. The fourth-order valence-electron chi connectivity index (χ4n) is 3.66. The van der Waals surface area contributed by atoms with Gasteiger partial charge in [0.25, 0.3) is 5.91 Å². The monoisotopic (exact) mass is 471 g/mol. The van der Waals surface area contributed by atoms with Crippen molar-refractivity contribution in [3.8, 4) is 0 Å². The molecule has 2 aromatic carbocycles. The van der Waals surface area contributed by atoms with Crippen LogP contribution in [0.3, 0.4) is 0 Å². The van der Waals surface area contributed by atoms with Crippen LogP contribution in [-0.2, 0) is 9.59 Å². The normalized spacial score (nSPS) is 18.1. The summed E-state index contributed by atoms with van der Waals surface area (Å²) in [5, 5.41) is 6.59. The molecule has 0 spiro atoms. The SMILES string of the molecule is O=C(NC1CC1)c1ccc(/C=C/C(=O)N2CCCC2C(=O)Nc2cc(Cl)cc(Cl)c2)cc1. The minimum absolute atomic E-state index is 0.0778. The number of rotatable bonds is 6. The topological polar surface area (TPSA) is 78.5 Å². The predicted octanol–water partition coefficient (Wildman–Crippen LogP) is 4.53. The second-order valence-electron chi connectivity index (χ2n) is 8.04. The highest BCUT2D eigenvalue weighted by molar-refractivity contribution is 6.35. The first-order valence-electron chi connectivity index (χ1n) is 10.6. The second-order valence-corrected chi connectivity index (χ2v) is 8.91. The van der Waals surface area contributed by atoms with Crippen LogP contribution in [0.15, 0.2) is 48.5 Å². The first-order valence-corrected chi connectivity index (χ1v) is 11.3. The van der Waals surface area contributed by atoms with Crippen LogP contribution in [0.5, 0.6) is 0 Å². The Hall–Kier alpha value is -2.83. The number of nitrogens with one attached hydrogen (secondary N) is 2. The summed E-state index contributed by atoms with van der Waals surface area (Å²) in [6.45, 7) is 0.512. The van der Waals surface area contributed by atoms with E-state index in [1.54, 1.807) is 53.4 Å². The van der Waals surface area contributed by atoms with E-state index in [1.165, 1.54) is 6.08 Å². The van der Waals surface area contributed by atoms with Gasteiger partial charge in [0.05, 0.1) is 0 Å². The molecular weight excluding hydrogens is 449 g/mol. The zero-order valence-corrected chi connectivity index (χ0v) is 18.8. The minimum Gasteiger partial charge on any atom is -0.349 e. The summed E-state index contributed by atoms with van der Waals surface area (Å²) >= 11 is 12.0. The van der Waals surface area contributed by atoms with Crippen molar-refractivity contribution < 1.29 is 14.4 Å². The molecule has 8 heteroatoms. The van der Waals surface area contributed by atoms with Crippen LogP contribution in [0.2, 0.25) is 10.0 Å². The van der Waals surface area contributed by atoms with Crippen LogP contribution in [0.1, 0.15) is 41.6 Å². The van der Waals surface area contributed by atoms with Crippen molar-refractivity contribution in [2.45, 2.75) is 37.8 Å². The molecule has 32 heavy (non-hydrogen) atoms. The van der Waals surface area contributed by atoms with Crippen molar-refractivity contribution >= 4 is 52.7 Å². The number of likely N-dealkylation sites (tertiary alicyclic amines) is 1. The summed E-state index contributed by atoms with van der Waals surface area (Å²) in [7, 11) is 0. The number of carbonyl (C=O) groups is 3. The molecule has 3 amide bonds. The lowest BCUT2D eigenvalue weighted by atomic mass is 10.1. The molecule has 166 valence electrons. The molecule has 1 aliphatic carbocycles. The van der Waals surface area contributed by atoms with Crippen LogP contribution in [0, 0.1) is 0 Å². The average molecular weight is 472 g/mol. The zero-order valence-electron chi connectivity index (χ0n) is 17.3. The maximum atomic E-state index is 12.8. The number of halogens is 2. The van der Waals surface area contributed by atoms with Crippen LogP contribution in [0.4, 0.5) is 5.69 Å². The highest BCUT2D eigenvalue weighted by atomic mass is 35.5. The van der Waals surface area contributed by atoms with E-state index in [1.807, 2.05) is 0 Å². The van der Waals surface area contributed by atoms with Crippen LogP contribution >= 0.6 is 23.2 Å². The van der Waals surface area contributed by atoms with Gasteiger partial charge < -0.3 is 15.5 Å². The van der Waals surface area contributed by atoms with E-state index in [9.17, 15) is 14.4 Å². The Morgan fingerprint density at radius 1 is 0.969 bits per heavy atom. The fraction of sp³-hybridized carbons (Fsp3) is 0.292. The second kappa shape index (κ2) is 9.76. The van der Waals surface area contributed by atoms with Crippen molar-refractivity contribution in [1.82, 2.24) is 10.2 Å². The summed E-state index contributed by atoms with van der Waals surface area (Å²) < 4.78 is 0. The number of benzene rings is 2. The molecule has 1 atom stereocenters. The minimum atomic E-state index is -0.557. The molecule has 0 radical (unpaired) electrons. The molecule has 1 heterocycles. The molecule has 2 N–H and O–H groups in total. The first kappa shape index (κ1) is 22.4. The van der Waals surface area contributed by atoms with Crippen molar-refractivity contribution in [1.29, 1.82) is 0 Å². The van der Waals surface area contributed by atoms with E-state index >= 15 is 0 Å². The number of nitrogens with zero attached hydrogens (tertiary/aromatic N) is 1. The smallest absolute Gasteiger partial charge is 0.251 e. The molecule has 1 saturated heterocycles. The Labute approximate surface area is 196 Å². The lowest BCUT2D eigenvalue weighted by Crippen LogP contribution is -2.42. The lowest BCUT2D eigenvalue weighted by Gasteiger charge is -2.22. The van der Waals surface area contributed by atoms with Gasteiger partial charge in [-0.2, -0.15) is 0 Å². The lowest BCUT2D eigenvalue weighted by molar-refractivity contribution is -0.132. The van der Waals surface area contributed by atoms with Crippen molar-refractivity contribution in [2.24, 2.45) is 0 Å². The van der Waals surface area contributed by atoms with Crippen molar-refractivity contribution in [3.63, 3.8) is 0 Å². The van der Waals surface area contributed by atoms with E-state index in [2.05, 4.69) is 10.6 Å². The van der Waals surface area contributed by atoms with Gasteiger partial charge in [-0.25, -0.2) is 0 Å². The van der Waals surface area contributed by atoms with Gasteiger partial charge in [0.1, 0.15) is 6.04 Å². The third-order valence-electron chi connectivity index (χ3n) is 5.47. The fourth-order valence-corrected chi connectivity index (χ4v) is 4.19. The highest BCUT2D eigenvalue weighted by Gasteiger charge is 2.33. The number of hydrogen-bond donors (Lipinski definition) is 2. The summed E-state index contributed by atoms with van der Waals surface area (Å²) in [6, 6.07) is 11.6. The third kappa shape index (κ3) is 5.69. The summed E-state index contributed by atoms with van der Waals surface area (Å²) in [4.78, 5) is 39.1. The largest absolute Gasteiger partial charge is 0.349 e. The zero-order chi connectivity index (χ0) is 22.7.